The lowest BCUT2D eigenvalue weighted by Crippen LogP contribution is -2.42. The van der Waals surface area contributed by atoms with Crippen molar-refractivity contribution in [2.45, 2.75) is 32.2 Å². The third-order valence-electron chi connectivity index (χ3n) is 2.60. The first-order valence-electron chi connectivity index (χ1n) is 5.96. The average molecular weight is 290 g/mol. The van der Waals surface area contributed by atoms with Gasteiger partial charge in [0.2, 0.25) is 0 Å². The van der Waals surface area contributed by atoms with E-state index in [4.69, 9.17) is 20.3 Å². The molecule has 0 fully saturated rings. The Bertz CT molecular complexity index is 361. The quantitative estimate of drug-likeness (QED) is 0.564. The number of benzene rings is 1. The molecule has 0 aromatic heterocycles. The van der Waals surface area contributed by atoms with Crippen LogP contribution in [0.1, 0.15) is 25.8 Å². The summed E-state index contributed by atoms with van der Waals surface area (Å²) >= 11 is 6.39. The van der Waals surface area contributed by atoms with Crippen LogP contribution in [0.15, 0.2) is 24.3 Å². The second-order valence-electron chi connectivity index (χ2n) is 4.87. The molecule has 18 heavy (non-hydrogen) atoms. The highest BCUT2D eigenvalue weighted by Gasteiger charge is 2.17. The molecule has 1 rings (SSSR count). The van der Waals surface area contributed by atoms with Gasteiger partial charge in [0, 0.05) is 10.6 Å². The Balaban J connectivity index is 2.34. The maximum absolute atomic E-state index is 8.41. The maximum Gasteiger partial charge on any atom is 0.155 e. The molecule has 102 valence electrons. The Morgan fingerprint density at radius 1 is 1.44 bits per heavy atom. The molecule has 0 bridgehead atoms. The number of rotatable bonds is 8. The van der Waals surface area contributed by atoms with Crippen molar-refractivity contribution in [3.05, 3.63) is 34.9 Å². The van der Waals surface area contributed by atoms with Gasteiger partial charge in [-0.15, -0.1) is 0 Å². The molecule has 0 aliphatic rings. The molecule has 3 nitrogen and oxygen atoms in total. The molecule has 2 N–H and O–H groups in total. The highest BCUT2D eigenvalue weighted by atomic mass is 35.5. The van der Waals surface area contributed by atoms with E-state index >= 15 is 0 Å². The largest absolute Gasteiger partial charge is 0.311 e. The molecule has 0 aliphatic heterocycles. The lowest BCUT2D eigenvalue weighted by Gasteiger charge is -2.26. The lowest BCUT2D eigenvalue weighted by molar-refractivity contribution is 0.313. The molecule has 0 aliphatic carbocycles. The van der Waals surface area contributed by atoms with E-state index in [1.165, 1.54) is 5.56 Å². The van der Waals surface area contributed by atoms with E-state index in [0.717, 1.165) is 24.4 Å². The highest BCUT2D eigenvalue weighted by molar-refractivity contribution is 7.88. The molecule has 0 unspecified atom stereocenters. The molecule has 0 heterocycles. The van der Waals surface area contributed by atoms with Crippen LogP contribution in [0.2, 0.25) is 5.02 Å². The Hall–Kier alpha value is -0.260. The molecular formula is C13H20ClNO2S. The Labute approximate surface area is 118 Å². The number of hydrogen-bond acceptors (Lipinski definition) is 4. The molecule has 1 aromatic rings. The van der Waals surface area contributed by atoms with Gasteiger partial charge in [0.25, 0.3) is 0 Å². The topological polar surface area (TPSA) is 41.5 Å². The molecular weight excluding hydrogens is 270 g/mol. The fourth-order valence-electron chi connectivity index (χ4n) is 1.81. The van der Waals surface area contributed by atoms with Gasteiger partial charge in [0.1, 0.15) is 0 Å². The summed E-state index contributed by atoms with van der Waals surface area (Å²) in [6, 6.07) is 7.94. The van der Waals surface area contributed by atoms with Gasteiger partial charge in [-0.2, -0.15) is 0 Å². The fourth-order valence-corrected chi connectivity index (χ4v) is 2.22. The van der Waals surface area contributed by atoms with Gasteiger partial charge >= 0.3 is 0 Å². The first-order valence-corrected chi connectivity index (χ1v) is 7.04. The van der Waals surface area contributed by atoms with E-state index in [1.54, 1.807) is 0 Å². The summed E-state index contributed by atoms with van der Waals surface area (Å²) in [7, 11) is 0. The van der Waals surface area contributed by atoms with Gasteiger partial charge in [-0.1, -0.05) is 23.7 Å². The molecule has 0 radical (unpaired) electrons. The van der Waals surface area contributed by atoms with Crippen molar-refractivity contribution >= 4 is 23.9 Å². The average Bonchev–Trinajstić information content (AvgIpc) is 2.28. The van der Waals surface area contributed by atoms with Gasteiger partial charge in [-0.3, -0.25) is 4.18 Å². The maximum atomic E-state index is 8.41. The number of nitrogens with one attached hydrogen (secondary N) is 1. The van der Waals surface area contributed by atoms with Crippen LogP contribution in [0.4, 0.5) is 0 Å². The van der Waals surface area contributed by atoms with Crippen LogP contribution in [0.5, 0.6) is 0 Å². The van der Waals surface area contributed by atoms with Gasteiger partial charge in [-0.05, 0) is 50.9 Å². The molecule has 1 aromatic carbocycles. The predicted molar refractivity (Wildman–Crippen MR) is 78.0 cm³/mol. The Morgan fingerprint density at radius 2 is 2.22 bits per heavy atom. The van der Waals surface area contributed by atoms with E-state index in [0.29, 0.717) is 18.9 Å². The van der Waals surface area contributed by atoms with Crippen molar-refractivity contribution in [3.63, 3.8) is 0 Å². The molecule has 5 heteroatoms. The standard InChI is InChI=1S/C13H20ClNO2S/c1-13(2,15-7-4-8-17-18-16)10-11-5-3-6-12(14)9-11/h3,5-6,9,15-16H,4,7-8,10H2,1-2H3. The van der Waals surface area contributed by atoms with Gasteiger partial charge in [0.05, 0.1) is 6.61 Å². The van der Waals surface area contributed by atoms with Crippen LogP contribution in [-0.2, 0) is 10.6 Å². The first kappa shape index (κ1) is 15.8. The highest BCUT2D eigenvalue weighted by Crippen LogP contribution is 2.16. The number of halogens is 1. The first-order chi connectivity index (χ1) is 8.53. The van der Waals surface area contributed by atoms with Gasteiger partial charge < -0.3 is 9.87 Å². The summed E-state index contributed by atoms with van der Waals surface area (Å²) in [5.74, 6) is 0. The van der Waals surface area contributed by atoms with Crippen molar-refractivity contribution in [3.8, 4) is 0 Å². The van der Waals surface area contributed by atoms with Crippen LogP contribution < -0.4 is 5.32 Å². The van der Waals surface area contributed by atoms with Crippen molar-refractivity contribution in [2.24, 2.45) is 0 Å². The van der Waals surface area contributed by atoms with E-state index < -0.39 is 0 Å². The molecule has 0 saturated carbocycles. The van der Waals surface area contributed by atoms with Crippen molar-refractivity contribution in [2.75, 3.05) is 13.2 Å². The molecule has 0 atom stereocenters. The monoisotopic (exact) mass is 289 g/mol. The van der Waals surface area contributed by atoms with Crippen LogP contribution in [0, 0.1) is 0 Å². The zero-order valence-corrected chi connectivity index (χ0v) is 12.4. The summed E-state index contributed by atoms with van der Waals surface area (Å²) in [5.41, 5.74) is 1.24. The minimum absolute atomic E-state index is 0.0110. The SMILES string of the molecule is CC(C)(Cc1cccc(Cl)c1)NCCCOSO. The third kappa shape index (κ3) is 6.61. The minimum atomic E-state index is 0.0110. The second kappa shape index (κ2) is 8.02. The van der Waals surface area contributed by atoms with Crippen molar-refractivity contribution < 1.29 is 8.74 Å². The second-order valence-corrected chi connectivity index (χ2v) is 5.69. The predicted octanol–water partition coefficient (Wildman–Crippen LogP) is 3.78. The normalized spacial score (nSPS) is 11.8. The molecule has 0 spiro atoms. The minimum Gasteiger partial charge on any atom is -0.311 e. The van der Waals surface area contributed by atoms with Gasteiger partial charge in [-0.25, -0.2) is 0 Å². The smallest absolute Gasteiger partial charge is 0.155 e. The van der Waals surface area contributed by atoms with E-state index in [-0.39, 0.29) is 5.54 Å². The van der Waals surface area contributed by atoms with Crippen LogP contribution >= 0.6 is 23.9 Å². The Morgan fingerprint density at radius 3 is 2.89 bits per heavy atom. The summed E-state index contributed by atoms with van der Waals surface area (Å²) in [6.07, 6.45) is 1.79. The number of hydrogen-bond donors (Lipinski definition) is 2. The summed E-state index contributed by atoms with van der Waals surface area (Å²) in [5, 5.41) is 4.25. The fraction of sp³-hybridized carbons (Fsp3) is 0.538. The van der Waals surface area contributed by atoms with Crippen LogP contribution in [0.3, 0.4) is 0 Å². The Kier molecular flexibility index (Phi) is 7.04. The molecule has 0 saturated heterocycles. The van der Waals surface area contributed by atoms with Crippen LogP contribution in [-0.4, -0.2) is 23.2 Å². The van der Waals surface area contributed by atoms with Crippen molar-refractivity contribution in [1.29, 1.82) is 0 Å². The van der Waals surface area contributed by atoms with E-state index in [9.17, 15) is 0 Å². The zero-order valence-electron chi connectivity index (χ0n) is 10.8. The third-order valence-corrected chi connectivity index (χ3v) is 3.10. The molecule has 0 amide bonds. The summed E-state index contributed by atoms with van der Waals surface area (Å²) < 4.78 is 13.2. The van der Waals surface area contributed by atoms with Gasteiger partial charge in [0.15, 0.2) is 12.3 Å². The van der Waals surface area contributed by atoms with Crippen LogP contribution in [0.25, 0.3) is 0 Å². The summed E-state index contributed by atoms with van der Waals surface area (Å²) in [6.45, 7) is 5.72. The summed E-state index contributed by atoms with van der Waals surface area (Å²) in [4.78, 5) is 0. The van der Waals surface area contributed by atoms with E-state index in [2.05, 4.69) is 25.2 Å². The van der Waals surface area contributed by atoms with E-state index in [1.807, 2.05) is 18.2 Å². The lowest BCUT2D eigenvalue weighted by atomic mass is 9.95. The zero-order chi connectivity index (χ0) is 13.4. The van der Waals surface area contributed by atoms with Crippen molar-refractivity contribution in [1.82, 2.24) is 5.32 Å².